The predicted molar refractivity (Wildman–Crippen MR) is 91.7 cm³/mol. The molecule has 1 heterocycles. The molecule has 2 rings (SSSR count). The number of amides is 1. The summed E-state index contributed by atoms with van der Waals surface area (Å²) in [6.45, 7) is 2.73. The molecule has 0 saturated carbocycles. The second-order valence-electron chi connectivity index (χ2n) is 5.15. The number of nitrogen functional groups attached to an aromatic ring is 1. The molecule has 5 heteroatoms. The third-order valence-corrected chi connectivity index (χ3v) is 3.25. The van der Waals surface area contributed by atoms with Gasteiger partial charge in [-0.1, -0.05) is 36.4 Å². The third kappa shape index (κ3) is 5.82. The molecule has 0 saturated heterocycles. The number of pyridine rings is 1. The summed E-state index contributed by atoms with van der Waals surface area (Å²) in [6, 6.07) is 11.5. The summed E-state index contributed by atoms with van der Waals surface area (Å²) in [7, 11) is 0. The van der Waals surface area contributed by atoms with Crippen molar-refractivity contribution in [3.05, 3.63) is 65.5 Å². The van der Waals surface area contributed by atoms with E-state index in [0.717, 1.165) is 16.8 Å². The van der Waals surface area contributed by atoms with Gasteiger partial charge < -0.3 is 15.8 Å². The quantitative estimate of drug-likeness (QED) is 0.802. The van der Waals surface area contributed by atoms with Crippen LogP contribution in [0.25, 0.3) is 6.08 Å². The number of hydrogen-bond acceptors (Lipinski definition) is 4. The number of nitrogens with two attached hydrogens (primary N) is 1. The molecule has 0 atom stereocenters. The largest absolute Gasteiger partial charge is 0.445 e. The van der Waals surface area contributed by atoms with E-state index in [-0.39, 0.29) is 6.61 Å². The highest BCUT2D eigenvalue weighted by molar-refractivity contribution is 5.67. The number of benzene rings is 1. The van der Waals surface area contributed by atoms with Gasteiger partial charge in [0.25, 0.3) is 0 Å². The van der Waals surface area contributed by atoms with Crippen LogP contribution >= 0.6 is 0 Å². The number of hydrogen-bond donors (Lipinski definition) is 2. The molecule has 23 heavy (non-hydrogen) atoms. The predicted octanol–water partition coefficient (Wildman–Crippen LogP) is 3.30. The topological polar surface area (TPSA) is 77.2 Å². The van der Waals surface area contributed by atoms with Crippen LogP contribution in [0.2, 0.25) is 0 Å². The van der Waals surface area contributed by atoms with Crippen molar-refractivity contribution in [3.63, 3.8) is 0 Å². The molecule has 0 aliphatic carbocycles. The minimum atomic E-state index is -0.413. The van der Waals surface area contributed by atoms with Gasteiger partial charge in [-0.15, -0.1) is 0 Å². The summed E-state index contributed by atoms with van der Waals surface area (Å²) in [5, 5.41) is 2.71. The Morgan fingerprint density at radius 2 is 2.13 bits per heavy atom. The van der Waals surface area contributed by atoms with Crippen LogP contribution in [-0.2, 0) is 11.3 Å². The van der Waals surface area contributed by atoms with Gasteiger partial charge in [-0.3, -0.25) is 4.98 Å². The molecule has 5 nitrogen and oxygen atoms in total. The van der Waals surface area contributed by atoms with Crippen molar-refractivity contribution >= 4 is 17.9 Å². The fraction of sp³-hybridized carbons (Fsp3) is 0.222. The summed E-state index contributed by atoms with van der Waals surface area (Å²) < 4.78 is 5.12. The van der Waals surface area contributed by atoms with Gasteiger partial charge >= 0.3 is 6.09 Å². The molecule has 2 aromatic rings. The van der Waals surface area contributed by atoms with Crippen molar-refractivity contribution in [2.45, 2.75) is 20.0 Å². The fourth-order valence-corrected chi connectivity index (χ4v) is 1.92. The van der Waals surface area contributed by atoms with E-state index in [2.05, 4.69) is 10.3 Å². The molecule has 1 aromatic carbocycles. The lowest BCUT2D eigenvalue weighted by Crippen LogP contribution is -2.24. The monoisotopic (exact) mass is 311 g/mol. The first-order chi connectivity index (χ1) is 11.1. The van der Waals surface area contributed by atoms with Gasteiger partial charge in [0, 0.05) is 6.54 Å². The molecule has 3 N–H and O–H groups in total. The van der Waals surface area contributed by atoms with Gasteiger partial charge in [-0.25, -0.2) is 4.79 Å². The normalized spacial score (nSPS) is 10.7. The SMILES string of the molecule is Cc1cc(C=CCCNC(=O)OCc2ccccc2)ncc1N. The van der Waals surface area contributed by atoms with Gasteiger partial charge in [-0.05, 0) is 36.6 Å². The second kappa shape index (κ2) is 8.58. The number of carbonyl (C=O) groups is 1. The lowest BCUT2D eigenvalue weighted by molar-refractivity contribution is 0.140. The highest BCUT2D eigenvalue weighted by Gasteiger charge is 2.00. The van der Waals surface area contributed by atoms with Crippen LogP contribution in [0.3, 0.4) is 0 Å². The molecule has 0 bridgehead atoms. The Morgan fingerprint density at radius 3 is 2.87 bits per heavy atom. The Balaban J connectivity index is 1.65. The minimum Gasteiger partial charge on any atom is -0.445 e. The molecular weight excluding hydrogens is 290 g/mol. The van der Waals surface area contributed by atoms with Crippen LogP contribution in [0.4, 0.5) is 10.5 Å². The number of aryl methyl sites for hydroxylation is 1. The number of carbonyl (C=O) groups excluding carboxylic acids is 1. The van der Waals surface area contributed by atoms with Gasteiger partial charge in [-0.2, -0.15) is 0 Å². The van der Waals surface area contributed by atoms with Crippen LogP contribution in [0.5, 0.6) is 0 Å². The Kier molecular flexibility index (Phi) is 6.17. The Morgan fingerprint density at radius 1 is 1.35 bits per heavy atom. The van der Waals surface area contributed by atoms with Gasteiger partial charge in [0.2, 0.25) is 0 Å². The Labute approximate surface area is 136 Å². The van der Waals surface area contributed by atoms with Crippen LogP contribution in [0.15, 0.2) is 48.7 Å². The summed E-state index contributed by atoms with van der Waals surface area (Å²) in [5.41, 5.74) is 9.22. The molecular formula is C18H21N3O2. The van der Waals surface area contributed by atoms with E-state index in [9.17, 15) is 4.79 Å². The molecule has 0 aliphatic rings. The van der Waals surface area contributed by atoms with E-state index in [4.69, 9.17) is 10.5 Å². The summed E-state index contributed by atoms with van der Waals surface area (Å²) in [6.07, 6.45) is 5.79. The van der Waals surface area contributed by atoms with Crippen LogP contribution in [-0.4, -0.2) is 17.6 Å². The fourth-order valence-electron chi connectivity index (χ4n) is 1.92. The van der Waals surface area contributed by atoms with Crippen molar-refractivity contribution in [1.29, 1.82) is 0 Å². The van der Waals surface area contributed by atoms with E-state index < -0.39 is 6.09 Å². The number of aromatic nitrogens is 1. The number of rotatable bonds is 6. The first kappa shape index (κ1) is 16.5. The van der Waals surface area contributed by atoms with Gasteiger partial charge in [0.05, 0.1) is 17.6 Å². The van der Waals surface area contributed by atoms with Gasteiger partial charge in [0.1, 0.15) is 6.61 Å². The van der Waals surface area contributed by atoms with Crippen molar-refractivity contribution < 1.29 is 9.53 Å². The van der Waals surface area contributed by atoms with Crippen LogP contribution in [0, 0.1) is 6.92 Å². The van der Waals surface area contributed by atoms with Crippen LogP contribution < -0.4 is 11.1 Å². The lowest BCUT2D eigenvalue weighted by Gasteiger charge is -2.05. The van der Waals surface area contributed by atoms with Crippen molar-refractivity contribution in [3.8, 4) is 0 Å². The zero-order valence-corrected chi connectivity index (χ0v) is 13.2. The molecule has 1 amide bonds. The van der Waals surface area contributed by atoms with Crippen molar-refractivity contribution in [1.82, 2.24) is 10.3 Å². The standard InChI is InChI=1S/C18H21N3O2/c1-14-11-16(21-12-17(14)19)9-5-6-10-20-18(22)23-13-15-7-3-2-4-8-15/h2-5,7-9,11-12H,6,10,13,19H2,1H3,(H,20,22). The second-order valence-corrected chi connectivity index (χ2v) is 5.15. The van der Waals surface area contributed by atoms with E-state index in [1.54, 1.807) is 6.20 Å². The first-order valence-corrected chi connectivity index (χ1v) is 7.48. The van der Waals surface area contributed by atoms with Gasteiger partial charge in [0.15, 0.2) is 0 Å². The number of anilines is 1. The summed E-state index contributed by atoms with van der Waals surface area (Å²) in [4.78, 5) is 15.8. The maximum atomic E-state index is 11.5. The maximum absolute atomic E-state index is 11.5. The highest BCUT2D eigenvalue weighted by atomic mass is 16.5. The number of ether oxygens (including phenoxy) is 1. The third-order valence-electron chi connectivity index (χ3n) is 3.25. The Hall–Kier alpha value is -2.82. The molecule has 1 aromatic heterocycles. The number of nitrogens with one attached hydrogen (secondary N) is 1. The molecule has 0 fully saturated rings. The van der Waals surface area contributed by atoms with E-state index in [1.807, 2.05) is 55.5 Å². The molecule has 0 aliphatic heterocycles. The summed E-state index contributed by atoms with van der Waals surface area (Å²) in [5.74, 6) is 0. The number of alkyl carbamates (subject to hydrolysis) is 1. The first-order valence-electron chi connectivity index (χ1n) is 7.48. The Bertz CT molecular complexity index is 669. The maximum Gasteiger partial charge on any atom is 0.407 e. The van der Waals surface area contributed by atoms with E-state index in [1.165, 1.54) is 0 Å². The minimum absolute atomic E-state index is 0.275. The van der Waals surface area contributed by atoms with E-state index in [0.29, 0.717) is 18.7 Å². The molecule has 0 spiro atoms. The van der Waals surface area contributed by atoms with E-state index >= 15 is 0 Å². The molecule has 0 unspecified atom stereocenters. The zero-order chi connectivity index (χ0) is 16.5. The smallest absolute Gasteiger partial charge is 0.407 e. The average molecular weight is 311 g/mol. The van der Waals surface area contributed by atoms with Crippen LogP contribution in [0.1, 0.15) is 23.2 Å². The summed E-state index contributed by atoms with van der Waals surface area (Å²) >= 11 is 0. The highest BCUT2D eigenvalue weighted by Crippen LogP contribution is 2.10. The molecule has 0 radical (unpaired) electrons. The number of nitrogens with zero attached hydrogens (tertiary/aromatic N) is 1. The average Bonchev–Trinajstić information content (AvgIpc) is 2.57. The van der Waals surface area contributed by atoms with Crippen molar-refractivity contribution in [2.24, 2.45) is 0 Å². The zero-order valence-electron chi connectivity index (χ0n) is 13.2. The van der Waals surface area contributed by atoms with Crippen molar-refractivity contribution in [2.75, 3.05) is 12.3 Å². The molecule has 120 valence electrons. The lowest BCUT2D eigenvalue weighted by atomic mass is 10.2.